The van der Waals surface area contributed by atoms with E-state index in [1.54, 1.807) is 11.8 Å². The summed E-state index contributed by atoms with van der Waals surface area (Å²) < 4.78 is 2.88. The van der Waals surface area contributed by atoms with Gasteiger partial charge in [0.15, 0.2) is 0 Å². The van der Waals surface area contributed by atoms with Crippen LogP contribution in [0.1, 0.15) is 30.8 Å². The number of carbonyl (C=O) groups excluding carboxylic acids is 1. The third kappa shape index (κ3) is 2.55. The van der Waals surface area contributed by atoms with Crippen molar-refractivity contribution in [3.8, 4) is 0 Å². The standard InChI is InChI=1S/C12H17BrN2O2/c1-3-4-14-6-9(13)5-10(14)11(16)15-7-12(2,17)8-15/h5-6,17H,3-4,7-8H2,1-2H3. The van der Waals surface area contributed by atoms with Crippen molar-refractivity contribution in [2.24, 2.45) is 0 Å². The van der Waals surface area contributed by atoms with Crippen LogP contribution in [0, 0.1) is 0 Å². The molecule has 1 amide bonds. The Bertz CT molecular complexity index is 432. The van der Waals surface area contributed by atoms with E-state index in [9.17, 15) is 9.90 Å². The molecule has 1 saturated heterocycles. The molecule has 0 atom stereocenters. The second-order valence-corrected chi connectivity index (χ2v) is 5.81. The van der Waals surface area contributed by atoms with Gasteiger partial charge in [-0.25, -0.2) is 0 Å². The lowest BCUT2D eigenvalue weighted by Crippen LogP contribution is -2.61. The summed E-state index contributed by atoms with van der Waals surface area (Å²) in [7, 11) is 0. The zero-order chi connectivity index (χ0) is 12.6. The number of aromatic nitrogens is 1. The Morgan fingerprint density at radius 3 is 2.76 bits per heavy atom. The molecule has 0 radical (unpaired) electrons. The summed E-state index contributed by atoms with van der Waals surface area (Å²) in [6, 6.07) is 1.84. The minimum atomic E-state index is -0.713. The number of likely N-dealkylation sites (tertiary alicyclic amines) is 1. The number of aryl methyl sites for hydroxylation is 1. The third-order valence-electron chi connectivity index (χ3n) is 2.90. The van der Waals surface area contributed by atoms with Gasteiger partial charge in [0, 0.05) is 17.2 Å². The Balaban J connectivity index is 2.14. The minimum absolute atomic E-state index is 0.00400. The maximum Gasteiger partial charge on any atom is 0.270 e. The molecule has 0 saturated carbocycles. The van der Waals surface area contributed by atoms with Gasteiger partial charge in [0.05, 0.1) is 18.7 Å². The average molecular weight is 301 g/mol. The predicted molar refractivity (Wildman–Crippen MR) is 69.0 cm³/mol. The Morgan fingerprint density at radius 1 is 1.59 bits per heavy atom. The smallest absolute Gasteiger partial charge is 0.270 e. The predicted octanol–water partition coefficient (Wildman–Crippen LogP) is 1.87. The quantitative estimate of drug-likeness (QED) is 0.926. The maximum absolute atomic E-state index is 12.2. The van der Waals surface area contributed by atoms with Gasteiger partial charge in [-0.15, -0.1) is 0 Å². The third-order valence-corrected chi connectivity index (χ3v) is 3.33. The largest absolute Gasteiger partial charge is 0.386 e. The van der Waals surface area contributed by atoms with E-state index in [1.807, 2.05) is 16.8 Å². The fraction of sp³-hybridized carbons (Fsp3) is 0.583. The molecule has 1 fully saturated rings. The second kappa shape index (κ2) is 4.46. The van der Waals surface area contributed by atoms with Crippen molar-refractivity contribution in [2.75, 3.05) is 13.1 Å². The van der Waals surface area contributed by atoms with Crippen molar-refractivity contribution in [1.82, 2.24) is 9.47 Å². The van der Waals surface area contributed by atoms with Gasteiger partial charge in [0.25, 0.3) is 5.91 Å². The van der Waals surface area contributed by atoms with E-state index in [1.165, 1.54) is 0 Å². The normalized spacial score (nSPS) is 18.0. The van der Waals surface area contributed by atoms with Crippen molar-refractivity contribution in [2.45, 2.75) is 32.4 Å². The molecule has 0 bridgehead atoms. The molecule has 1 aromatic heterocycles. The molecular weight excluding hydrogens is 284 g/mol. The van der Waals surface area contributed by atoms with Crippen LogP contribution in [0.5, 0.6) is 0 Å². The highest BCUT2D eigenvalue weighted by atomic mass is 79.9. The van der Waals surface area contributed by atoms with E-state index in [2.05, 4.69) is 22.9 Å². The molecule has 1 aliphatic heterocycles. The van der Waals surface area contributed by atoms with Crippen LogP contribution in [0.15, 0.2) is 16.7 Å². The fourth-order valence-corrected chi connectivity index (χ4v) is 2.63. The Hall–Kier alpha value is -0.810. The summed E-state index contributed by atoms with van der Waals surface area (Å²) in [6.07, 6.45) is 2.91. The molecule has 4 nitrogen and oxygen atoms in total. The molecule has 0 aromatic carbocycles. The van der Waals surface area contributed by atoms with Crippen LogP contribution < -0.4 is 0 Å². The number of rotatable bonds is 3. The molecule has 17 heavy (non-hydrogen) atoms. The van der Waals surface area contributed by atoms with Crippen LogP contribution in [0.3, 0.4) is 0 Å². The molecule has 5 heteroatoms. The Kier molecular flexibility index (Phi) is 3.32. The summed E-state index contributed by atoms with van der Waals surface area (Å²) in [5, 5.41) is 9.65. The van der Waals surface area contributed by atoms with Crippen molar-refractivity contribution in [3.05, 3.63) is 22.4 Å². The maximum atomic E-state index is 12.2. The van der Waals surface area contributed by atoms with E-state index in [0.29, 0.717) is 18.8 Å². The molecular formula is C12H17BrN2O2. The lowest BCUT2D eigenvalue weighted by molar-refractivity contribution is -0.0672. The van der Waals surface area contributed by atoms with Crippen LogP contribution in [0.2, 0.25) is 0 Å². The summed E-state index contributed by atoms with van der Waals surface area (Å²) in [5.41, 5.74) is -0.0241. The Labute approximate surface area is 109 Å². The van der Waals surface area contributed by atoms with Gasteiger partial charge >= 0.3 is 0 Å². The number of β-amino-alcohol motifs (C(OH)–C–C–N with tert-alkyl or cyclic N) is 1. The van der Waals surface area contributed by atoms with Crippen molar-refractivity contribution in [1.29, 1.82) is 0 Å². The Morgan fingerprint density at radius 2 is 2.24 bits per heavy atom. The van der Waals surface area contributed by atoms with Gasteiger partial charge in [-0.1, -0.05) is 6.92 Å². The average Bonchev–Trinajstić information content (AvgIpc) is 2.55. The lowest BCUT2D eigenvalue weighted by Gasteiger charge is -2.44. The highest BCUT2D eigenvalue weighted by molar-refractivity contribution is 9.10. The number of carbonyl (C=O) groups is 1. The van der Waals surface area contributed by atoms with Gasteiger partial charge in [-0.05, 0) is 35.3 Å². The molecule has 0 spiro atoms. The summed E-state index contributed by atoms with van der Waals surface area (Å²) in [5.74, 6) is -0.00400. The highest BCUT2D eigenvalue weighted by Crippen LogP contribution is 2.24. The number of halogens is 1. The monoisotopic (exact) mass is 300 g/mol. The zero-order valence-corrected chi connectivity index (χ0v) is 11.7. The van der Waals surface area contributed by atoms with Crippen molar-refractivity contribution in [3.63, 3.8) is 0 Å². The number of hydrogen-bond donors (Lipinski definition) is 1. The number of amides is 1. The topological polar surface area (TPSA) is 45.5 Å². The fourth-order valence-electron chi connectivity index (χ4n) is 2.16. The molecule has 2 heterocycles. The van der Waals surface area contributed by atoms with Crippen LogP contribution in [-0.4, -0.2) is 39.2 Å². The number of aliphatic hydroxyl groups is 1. The zero-order valence-electron chi connectivity index (χ0n) is 10.1. The molecule has 1 aliphatic rings. The van der Waals surface area contributed by atoms with Gasteiger partial charge in [0.1, 0.15) is 5.69 Å². The molecule has 94 valence electrons. The van der Waals surface area contributed by atoms with Gasteiger partial charge < -0.3 is 14.6 Å². The highest BCUT2D eigenvalue weighted by Gasteiger charge is 2.40. The second-order valence-electron chi connectivity index (χ2n) is 4.90. The first-order chi connectivity index (χ1) is 7.93. The summed E-state index contributed by atoms with van der Waals surface area (Å²) in [6.45, 7) is 5.49. The van der Waals surface area contributed by atoms with Crippen molar-refractivity contribution >= 4 is 21.8 Å². The number of hydrogen-bond acceptors (Lipinski definition) is 2. The first kappa shape index (κ1) is 12.6. The van der Waals surface area contributed by atoms with Crippen molar-refractivity contribution < 1.29 is 9.90 Å². The molecule has 1 N–H and O–H groups in total. The van der Waals surface area contributed by atoms with Gasteiger partial charge in [-0.3, -0.25) is 4.79 Å². The van der Waals surface area contributed by atoms with Crippen LogP contribution in [0.25, 0.3) is 0 Å². The summed E-state index contributed by atoms with van der Waals surface area (Å²) >= 11 is 3.39. The SMILES string of the molecule is CCCn1cc(Br)cc1C(=O)N1CC(C)(O)C1. The molecule has 0 aliphatic carbocycles. The molecule has 2 rings (SSSR count). The van der Waals surface area contributed by atoms with E-state index < -0.39 is 5.60 Å². The lowest BCUT2D eigenvalue weighted by atomic mass is 9.96. The van der Waals surface area contributed by atoms with Gasteiger partial charge in [-0.2, -0.15) is 0 Å². The van der Waals surface area contributed by atoms with E-state index in [0.717, 1.165) is 17.4 Å². The molecule has 0 unspecified atom stereocenters. The summed E-state index contributed by atoms with van der Waals surface area (Å²) in [4.78, 5) is 13.9. The minimum Gasteiger partial charge on any atom is -0.386 e. The molecule has 1 aromatic rings. The van der Waals surface area contributed by atoms with E-state index in [-0.39, 0.29) is 5.91 Å². The van der Waals surface area contributed by atoms with Crippen LogP contribution >= 0.6 is 15.9 Å². The van der Waals surface area contributed by atoms with Crippen LogP contribution in [-0.2, 0) is 6.54 Å². The van der Waals surface area contributed by atoms with Gasteiger partial charge in [0.2, 0.25) is 0 Å². The van der Waals surface area contributed by atoms with Crippen LogP contribution in [0.4, 0.5) is 0 Å². The van der Waals surface area contributed by atoms with E-state index >= 15 is 0 Å². The van der Waals surface area contributed by atoms with E-state index in [4.69, 9.17) is 0 Å². The number of nitrogens with zero attached hydrogens (tertiary/aromatic N) is 2. The first-order valence-corrected chi connectivity index (χ1v) is 6.59. The first-order valence-electron chi connectivity index (χ1n) is 5.80.